The molecule has 0 bridgehead atoms. The molecule has 0 unspecified atom stereocenters. The fourth-order valence-corrected chi connectivity index (χ4v) is 3.21. The molecule has 4 rings (SSSR count). The second-order valence-electron chi connectivity index (χ2n) is 6.25. The minimum atomic E-state index is -0.419. The summed E-state index contributed by atoms with van der Waals surface area (Å²) in [6.45, 7) is 1.46. The number of fused-ring (bicyclic) bond motifs is 1. The van der Waals surface area contributed by atoms with Gasteiger partial charge in [0.25, 0.3) is 5.91 Å². The quantitative estimate of drug-likeness (QED) is 0.766. The molecule has 1 aromatic heterocycles. The Morgan fingerprint density at radius 1 is 1.42 bits per heavy atom. The van der Waals surface area contributed by atoms with Gasteiger partial charge in [0, 0.05) is 18.2 Å². The first-order valence-corrected chi connectivity index (χ1v) is 8.09. The Bertz CT molecular complexity index is 853. The zero-order valence-electron chi connectivity index (χ0n) is 13.1. The molecule has 1 saturated carbocycles. The third kappa shape index (κ3) is 2.73. The largest absolute Gasteiger partial charge is 0.345 e. The molecule has 1 aromatic carbocycles. The van der Waals surface area contributed by atoms with Crippen LogP contribution in [0.5, 0.6) is 0 Å². The van der Waals surface area contributed by atoms with Crippen molar-refractivity contribution in [3.63, 3.8) is 0 Å². The van der Waals surface area contributed by atoms with E-state index in [1.165, 1.54) is 12.1 Å². The lowest BCUT2D eigenvalue weighted by molar-refractivity contribution is 0.0947. The number of halogens is 1. The van der Waals surface area contributed by atoms with Crippen molar-refractivity contribution < 1.29 is 9.18 Å². The molecule has 7 nitrogen and oxygen atoms in total. The van der Waals surface area contributed by atoms with Crippen LogP contribution in [0.1, 0.15) is 46.2 Å². The summed E-state index contributed by atoms with van der Waals surface area (Å²) in [4.78, 5) is 24.3. The standard InChI is InChI=1S/C16H18FN5O2/c17-10-5-9-7-18-4-3-12(9)13(6-10)15(23)19-8-14-20-21-16(24)22(14)11-1-2-11/h5-6,11,18H,1-4,7-8H2,(H,19,23)(H,21,24). The van der Waals surface area contributed by atoms with Gasteiger partial charge in [-0.25, -0.2) is 14.3 Å². The Labute approximate surface area is 137 Å². The maximum absolute atomic E-state index is 13.8. The number of aromatic amines is 1. The van der Waals surface area contributed by atoms with E-state index in [4.69, 9.17) is 0 Å². The van der Waals surface area contributed by atoms with E-state index >= 15 is 0 Å². The monoisotopic (exact) mass is 331 g/mol. The zero-order chi connectivity index (χ0) is 16.7. The molecule has 0 atom stereocenters. The van der Waals surface area contributed by atoms with Crippen LogP contribution in [0.2, 0.25) is 0 Å². The van der Waals surface area contributed by atoms with E-state index in [9.17, 15) is 14.0 Å². The molecule has 2 aliphatic rings. The number of rotatable bonds is 4. The van der Waals surface area contributed by atoms with Crippen molar-refractivity contribution in [2.24, 2.45) is 0 Å². The maximum atomic E-state index is 13.8. The van der Waals surface area contributed by atoms with Crippen LogP contribution in [-0.4, -0.2) is 27.2 Å². The highest BCUT2D eigenvalue weighted by molar-refractivity contribution is 5.96. The van der Waals surface area contributed by atoms with Gasteiger partial charge in [0.05, 0.1) is 6.54 Å². The fourth-order valence-electron chi connectivity index (χ4n) is 3.21. The molecule has 1 aliphatic carbocycles. The van der Waals surface area contributed by atoms with E-state index in [0.717, 1.165) is 30.5 Å². The van der Waals surface area contributed by atoms with E-state index in [1.54, 1.807) is 4.57 Å². The number of carbonyl (C=O) groups excluding carboxylic acids is 1. The number of benzene rings is 1. The summed E-state index contributed by atoms with van der Waals surface area (Å²) in [6.07, 6.45) is 2.59. The fraction of sp³-hybridized carbons (Fsp3) is 0.438. The topological polar surface area (TPSA) is 91.8 Å². The summed E-state index contributed by atoms with van der Waals surface area (Å²) in [5.74, 6) is -0.259. The highest BCUT2D eigenvalue weighted by Crippen LogP contribution is 2.34. The molecule has 2 heterocycles. The van der Waals surface area contributed by atoms with Crippen molar-refractivity contribution in [3.8, 4) is 0 Å². The van der Waals surface area contributed by atoms with Gasteiger partial charge >= 0.3 is 5.69 Å². The molecule has 1 aliphatic heterocycles. The lowest BCUT2D eigenvalue weighted by Gasteiger charge is -2.20. The molecular weight excluding hydrogens is 313 g/mol. The summed E-state index contributed by atoms with van der Waals surface area (Å²) in [7, 11) is 0. The predicted octanol–water partition coefficient (Wildman–Crippen LogP) is 0.621. The van der Waals surface area contributed by atoms with Gasteiger partial charge < -0.3 is 10.6 Å². The summed E-state index contributed by atoms with van der Waals surface area (Å²) in [5, 5.41) is 12.3. The van der Waals surface area contributed by atoms with Gasteiger partial charge in [-0.2, -0.15) is 5.10 Å². The van der Waals surface area contributed by atoms with Crippen LogP contribution in [0, 0.1) is 5.82 Å². The number of nitrogens with zero attached hydrogens (tertiary/aromatic N) is 2. The summed E-state index contributed by atoms with van der Waals surface area (Å²) in [6, 6.07) is 2.92. The first-order valence-electron chi connectivity index (χ1n) is 8.09. The van der Waals surface area contributed by atoms with Crippen molar-refractivity contribution in [2.75, 3.05) is 6.54 Å². The van der Waals surface area contributed by atoms with E-state index in [1.807, 2.05) is 0 Å². The molecule has 0 spiro atoms. The molecule has 0 saturated heterocycles. The minimum Gasteiger partial charge on any atom is -0.345 e. The van der Waals surface area contributed by atoms with Gasteiger partial charge in [-0.1, -0.05) is 0 Å². The van der Waals surface area contributed by atoms with Gasteiger partial charge in [0.1, 0.15) is 5.82 Å². The van der Waals surface area contributed by atoms with Crippen molar-refractivity contribution in [3.05, 3.63) is 50.9 Å². The van der Waals surface area contributed by atoms with Crippen molar-refractivity contribution in [1.82, 2.24) is 25.4 Å². The third-order valence-electron chi connectivity index (χ3n) is 4.52. The molecule has 8 heteroatoms. The first-order chi connectivity index (χ1) is 11.6. The number of aromatic nitrogens is 3. The van der Waals surface area contributed by atoms with Crippen LogP contribution < -0.4 is 16.3 Å². The Morgan fingerprint density at radius 2 is 2.25 bits per heavy atom. The molecule has 126 valence electrons. The lowest BCUT2D eigenvalue weighted by atomic mass is 9.95. The Balaban J connectivity index is 1.55. The second-order valence-corrected chi connectivity index (χ2v) is 6.25. The van der Waals surface area contributed by atoms with Crippen LogP contribution in [0.15, 0.2) is 16.9 Å². The van der Waals surface area contributed by atoms with E-state index < -0.39 is 5.82 Å². The molecule has 3 N–H and O–H groups in total. The molecule has 2 aromatic rings. The van der Waals surface area contributed by atoms with Gasteiger partial charge in [-0.3, -0.25) is 9.36 Å². The molecule has 1 amide bonds. The van der Waals surface area contributed by atoms with Crippen molar-refractivity contribution in [1.29, 1.82) is 0 Å². The first kappa shape index (κ1) is 15.1. The van der Waals surface area contributed by atoms with Gasteiger partial charge in [0.15, 0.2) is 5.82 Å². The number of hydrogen-bond donors (Lipinski definition) is 3. The Kier molecular flexibility index (Phi) is 3.68. The predicted molar refractivity (Wildman–Crippen MR) is 84.1 cm³/mol. The second kappa shape index (κ2) is 5.86. The van der Waals surface area contributed by atoms with E-state index in [-0.39, 0.29) is 24.2 Å². The lowest BCUT2D eigenvalue weighted by Crippen LogP contribution is -2.30. The SMILES string of the molecule is O=C(NCc1n[nH]c(=O)n1C1CC1)c1cc(F)cc2c1CCNC2. The van der Waals surface area contributed by atoms with E-state index in [2.05, 4.69) is 20.8 Å². The number of carbonyl (C=O) groups is 1. The molecule has 24 heavy (non-hydrogen) atoms. The minimum absolute atomic E-state index is 0.137. The van der Waals surface area contributed by atoms with Crippen LogP contribution in [0.25, 0.3) is 0 Å². The highest BCUT2D eigenvalue weighted by Gasteiger charge is 2.28. The highest BCUT2D eigenvalue weighted by atomic mass is 19.1. The Morgan fingerprint density at radius 3 is 3.04 bits per heavy atom. The van der Waals surface area contributed by atoms with Crippen molar-refractivity contribution >= 4 is 5.91 Å². The summed E-state index contributed by atoms with van der Waals surface area (Å²) < 4.78 is 15.4. The van der Waals surface area contributed by atoms with Crippen molar-refractivity contribution in [2.45, 2.75) is 38.4 Å². The maximum Gasteiger partial charge on any atom is 0.343 e. The van der Waals surface area contributed by atoms with Crippen LogP contribution in [0.4, 0.5) is 4.39 Å². The Hall–Kier alpha value is -2.48. The average molecular weight is 331 g/mol. The number of amides is 1. The van der Waals surface area contributed by atoms with Gasteiger partial charge in [-0.15, -0.1) is 0 Å². The van der Waals surface area contributed by atoms with E-state index in [0.29, 0.717) is 24.4 Å². The van der Waals surface area contributed by atoms with Crippen LogP contribution in [0.3, 0.4) is 0 Å². The molecule has 0 radical (unpaired) electrons. The number of H-pyrrole nitrogens is 1. The van der Waals surface area contributed by atoms with Gasteiger partial charge in [0.2, 0.25) is 0 Å². The molecule has 1 fully saturated rings. The van der Waals surface area contributed by atoms with Gasteiger partial charge in [-0.05, 0) is 49.1 Å². The summed E-state index contributed by atoms with van der Waals surface area (Å²) >= 11 is 0. The number of nitrogens with one attached hydrogen (secondary N) is 3. The van der Waals surface area contributed by atoms with Crippen LogP contribution >= 0.6 is 0 Å². The van der Waals surface area contributed by atoms with Crippen LogP contribution in [-0.2, 0) is 19.5 Å². The molecular formula is C16H18FN5O2. The normalized spacial score (nSPS) is 16.7. The smallest absolute Gasteiger partial charge is 0.343 e. The zero-order valence-corrected chi connectivity index (χ0v) is 13.1. The average Bonchev–Trinajstić information content (AvgIpc) is 3.34. The number of hydrogen-bond acceptors (Lipinski definition) is 4. The summed E-state index contributed by atoms with van der Waals surface area (Å²) in [5.41, 5.74) is 1.81. The third-order valence-corrected chi connectivity index (χ3v) is 4.52.